The van der Waals surface area contributed by atoms with Gasteiger partial charge >= 0.3 is 0 Å². The number of carbonyl (C=O) groups excluding carboxylic acids is 4. The first-order chi connectivity index (χ1) is 29.7. The van der Waals surface area contributed by atoms with Crippen LogP contribution in [0.2, 0.25) is 0 Å². The van der Waals surface area contributed by atoms with Crippen LogP contribution in [0.3, 0.4) is 0 Å². The predicted molar refractivity (Wildman–Crippen MR) is 233 cm³/mol. The lowest BCUT2D eigenvalue weighted by atomic mass is 10.0. The fourth-order valence-electron chi connectivity index (χ4n) is 5.36. The lowest BCUT2D eigenvalue weighted by Gasteiger charge is -2.34. The van der Waals surface area contributed by atoms with Crippen LogP contribution in [0.1, 0.15) is 105 Å². The molecule has 0 saturated carbocycles. The topological polar surface area (TPSA) is 197 Å². The Hall–Kier alpha value is -2.16. The van der Waals surface area contributed by atoms with Gasteiger partial charge in [-0.05, 0) is 32.1 Å². The molecule has 0 saturated heterocycles. The van der Waals surface area contributed by atoms with Crippen molar-refractivity contribution in [3.8, 4) is 0 Å². The molecule has 61 heavy (non-hydrogen) atoms. The number of ketones is 2. The van der Waals surface area contributed by atoms with Gasteiger partial charge in [0.15, 0.2) is 0 Å². The predicted octanol–water partition coefficient (Wildman–Crippen LogP) is 3.61. The monoisotopic (exact) mass is 880 g/mol. The Labute approximate surface area is 367 Å². The number of nitrogens with one attached hydrogen (secondary N) is 3. The number of rotatable bonds is 49. The molecule has 0 aromatic carbocycles. The van der Waals surface area contributed by atoms with Crippen molar-refractivity contribution in [2.75, 3.05) is 145 Å². The molecule has 0 spiro atoms. The molecule has 0 atom stereocenters. The van der Waals surface area contributed by atoms with Gasteiger partial charge in [-0.3, -0.25) is 19.2 Å². The highest BCUT2D eigenvalue weighted by molar-refractivity contribution is 5.79. The average molecular weight is 880 g/mol. The van der Waals surface area contributed by atoms with Crippen LogP contribution >= 0.6 is 0 Å². The minimum Gasteiger partial charge on any atom is -0.381 e. The van der Waals surface area contributed by atoms with Crippen molar-refractivity contribution >= 4 is 23.4 Å². The second-order valence-electron chi connectivity index (χ2n) is 15.0. The van der Waals surface area contributed by atoms with Crippen molar-refractivity contribution in [1.82, 2.24) is 16.0 Å². The lowest BCUT2D eigenvalue weighted by molar-refractivity contribution is -0.131. The summed E-state index contributed by atoms with van der Waals surface area (Å²) in [6.45, 7) is 18.4. The van der Waals surface area contributed by atoms with E-state index in [1.165, 1.54) is 0 Å². The second-order valence-corrected chi connectivity index (χ2v) is 15.0. The molecule has 0 aromatic rings. The van der Waals surface area contributed by atoms with E-state index in [9.17, 15) is 19.2 Å². The minimum absolute atomic E-state index is 0.0342. The Morgan fingerprint density at radius 1 is 0.410 bits per heavy atom. The summed E-state index contributed by atoms with van der Waals surface area (Å²) in [5, 5.41) is 9.13. The second kappa shape index (κ2) is 44.4. The Bertz CT molecular complexity index is 956. The highest BCUT2D eigenvalue weighted by Crippen LogP contribution is 2.12. The molecule has 0 aliphatic carbocycles. The molecule has 0 fully saturated rings. The molecule has 0 heterocycles. The third kappa shape index (κ3) is 41.6. The maximum absolute atomic E-state index is 13.4. The third-order valence-electron chi connectivity index (χ3n) is 8.55. The van der Waals surface area contributed by atoms with E-state index in [0.717, 1.165) is 25.8 Å². The van der Waals surface area contributed by atoms with Crippen LogP contribution in [0.25, 0.3) is 0 Å². The number of ether oxygens (including phenoxy) is 10. The van der Waals surface area contributed by atoms with Crippen molar-refractivity contribution in [3.05, 3.63) is 0 Å². The average Bonchev–Trinajstić information content (AvgIpc) is 3.23. The summed E-state index contributed by atoms with van der Waals surface area (Å²) < 4.78 is 56.7. The van der Waals surface area contributed by atoms with E-state index in [1.807, 2.05) is 20.8 Å². The Morgan fingerprint density at radius 2 is 0.787 bits per heavy atom. The first-order valence-electron chi connectivity index (χ1n) is 22.8. The SMILES string of the molecule is CCCOCCCC(=O)CCOCC(COCCC(=O)CCCOCCC)(COCCC(=O)NCCOCCC)NC(=O)CCOCCOCCOCCOCCNC(C)C. The normalized spacial score (nSPS) is 11.7. The largest absolute Gasteiger partial charge is 0.381 e. The van der Waals surface area contributed by atoms with E-state index >= 15 is 0 Å². The smallest absolute Gasteiger partial charge is 0.222 e. The fourth-order valence-corrected chi connectivity index (χ4v) is 5.36. The van der Waals surface area contributed by atoms with Gasteiger partial charge < -0.3 is 63.3 Å². The molecule has 0 radical (unpaired) electrons. The van der Waals surface area contributed by atoms with Crippen molar-refractivity contribution in [1.29, 1.82) is 0 Å². The summed E-state index contributed by atoms with van der Waals surface area (Å²) in [4.78, 5) is 50.9. The number of amides is 2. The highest BCUT2D eigenvalue weighted by Gasteiger charge is 2.34. The lowest BCUT2D eigenvalue weighted by Crippen LogP contribution is -2.59. The van der Waals surface area contributed by atoms with Crippen LogP contribution in [0, 0.1) is 0 Å². The number of carbonyl (C=O) groups is 4. The van der Waals surface area contributed by atoms with Crippen LogP contribution in [-0.2, 0) is 66.5 Å². The van der Waals surface area contributed by atoms with E-state index in [2.05, 4.69) is 29.8 Å². The van der Waals surface area contributed by atoms with Crippen LogP contribution in [0.4, 0.5) is 0 Å². The molecule has 0 aliphatic heterocycles. The molecule has 0 aromatic heterocycles. The van der Waals surface area contributed by atoms with Gasteiger partial charge in [0, 0.05) is 90.7 Å². The minimum atomic E-state index is -1.19. The van der Waals surface area contributed by atoms with Crippen molar-refractivity contribution < 1.29 is 66.5 Å². The van der Waals surface area contributed by atoms with Crippen molar-refractivity contribution in [2.45, 2.75) is 117 Å². The van der Waals surface area contributed by atoms with Crippen LogP contribution in [-0.4, -0.2) is 180 Å². The molecule has 0 unspecified atom stereocenters. The summed E-state index contributed by atoms with van der Waals surface area (Å²) in [6.07, 6.45) is 5.33. The standard InChI is InChI=1S/C44H85N3O14/c1-6-19-52-22-9-11-40(48)13-24-59-36-44(37-60-25-14-41(49)12-10-23-53-20-7-2,38-61-27-15-42(50)46-18-29-54-21-8-3)47-43(51)16-26-55-30-32-57-34-35-58-33-31-56-28-17-45-39(4)5/h39,45H,6-38H2,1-5H3,(H,46,50)(H,47,51). The van der Waals surface area contributed by atoms with Gasteiger partial charge in [0.2, 0.25) is 11.8 Å². The van der Waals surface area contributed by atoms with E-state index in [-0.39, 0.29) is 95.3 Å². The van der Waals surface area contributed by atoms with Crippen LogP contribution in [0.5, 0.6) is 0 Å². The van der Waals surface area contributed by atoms with Gasteiger partial charge in [-0.1, -0.05) is 34.6 Å². The van der Waals surface area contributed by atoms with E-state index in [4.69, 9.17) is 47.4 Å². The molecular formula is C44H85N3O14. The van der Waals surface area contributed by atoms with E-state index in [0.29, 0.717) is 124 Å². The zero-order valence-corrected chi connectivity index (χ0v) is 38.6. The molecule has 17 heteroatoms. The quantitative estimate of drug-likeness (QED) is 0.0750. The van der Waals surface area contributed by atoms with Gasteiger partial charge in [-0.2, -0.15) is 0 Å². The number of hydrogen-bond donors (Lipinski definition) is 3. The molecule has 0 aliphatic rings. The van der Waals surface area contributed by atoms with Crippen molar-refractivity contribution in [2.24, 2.45) is 0 Å². The molecular weight excluding hydrogens is 794 g/mol. The molecule has 0 rings (SSSR count). The first kappa shape index (κ1) is 58.8. The van der Waals surface area contributed by atoms with Crippen LogP contribution < -0.4 is 16.0 Å². The summed E-state index contributed by atoms with van der Waals surface area (Å²) in [5.74, 6) is -0.417. The highest BCUT2D eigenvalue weighted by atomic mass is 16.6. The first-order valence-corrected chi connectivity index (χ1v) is 22.8. The summed E-state index contributed by atoms with van der Waals surface area (Å²) in [7, 11) is 0. The zero-order valence-electron chi connectivity index (χ0n) is 38.6. The van der Waals surface area contributed by atoms with Gasteiger partial charge in [-0.25, -0.2) is 0 Å². The Morgan fingerprint density at radius 3 is 1.26 bits per heavy atom. The van der Waals surface area contributed by atoms with Gasteiger partial charge in [-0.15, -0.1) is 0 Å². The molecule has 3 N–H and O–H groups in total. The summed E-state index contributed by atoms with van der Waals surface area (Å²) in [5.41, 5.74) is -1.19. The maximum Gasteiger partial charge on any atom is 0.222 e. The summed E-state index contributed by atoms with van der Waals surface area (Å²) >= 11 is 0. The van der Waals surface area contributed by atoms with Gasteiger partial charge in [0.1, 0.15) is 17.1 Å². The van der Waals surface area contributed by atoms with Gasteiger partial charge in [0.05, 0.1) is 99.1 Å². The molecule has 0 bridgehead atoms. The van der Waals surface area contributed by atoms with Gasteiger partial charge in [0.25, 0.3) is 0 Å². The van der Waals surface area contributed by atoms with Crippen molar-refractivity contribution in [3.63, 3.8) is 0 Å². The zero-order chi connectivity index (χ0) is 44.9. The third-order valence-corrected chi connectivity index (χ3v) is 8.55. The maximum atomic E-state index is 13.4. The van der Waals surface area contributed by atoms with Crippen LogP contribution in [0.15, 0.2) is 0 Å². The molecule has 360 valence electrons. The molecule has 17 nitrogen and oxygen atoms in total. The number of Topliss-reactive ketones (excluding diaryl/α,β-unsaturated/α-hetero) is 2. The van der Waals surface area contributed by atoms with E-state index < -0.39 is 5.54 Å². The Balaban J connectivity index is 5.21. The molecule has 2 amide bonds. The number of hydrogen-bond acceptors (Lipinski definition) is 15. The summed E-state index contributed by atoms with van der Waals surface area (Å²) in [6, 6.07) is 0.430. The fraction of sp³-hybridized carbons (Fsp3) is 0.909. The van der Waals surface area contributed by atoms with E-state index in [1.54, 1.807) is 0 Å². The Kier molecular flexibility index (Phi) is 42.9.